The Labute approximate surface area is 92.0 Å². The van der Waals surface area contributed by atoms with Crippen molar-refractivity contribution in [3.63, 3.8) is 0 Å². The minimum atomic E-state index is -0.0772. The number of alkyl halides is 1. The maximum absolute atomic E-state index is 7.02. The summed E-state index contributed by atoms with van der Waals surface area (Å²) in [5, 5.41) is 12.3. The molecule has 0 aliphatic carbocycles. The van der Waals surface area contributed by atoms with Gasteiger partial charge in [0.2, 0.25) is 0 Å². The number of halogens is 1. The van der Waals surface area contributed by atoms with Gasteiger partial charge in [-0.15, -0.1) is 22.9 Å². The monoisotopic (exact) mass is 232 g/mol. The molecule has 0 amide bonds. The van der Waals surface area contributed by atoms with Gasteiger partial charge in [-0.25, -0.2) is 4.98 Å². The van der Waals surface area contributed by atoms with Gasteiger partial charge in [0.05, 0.1) is 5.69 Å². The number of aromatic nitrogens is 1. The van der Waals surface area contributed by atoms with E-state index in [2.05, 4.69) is 10.3 Å². The van der Waals surface area contributed by atoms with Gasteiger partial charge in [-0.2, -0.15) is 0 Å². The normalized spacial score (nSPS) is 10.1. The third-order valence-corrected chi connectivity index (χ3v) is 2.68. The lowest BCUT2D eigenvalue weighted by atomic mass is 10.2. The van der Waals surface area contributed by atoms with E-state index >= 15 is 0 Å². The molecule has 1 aromatic rings. The second-order valence-corrected chi connectivity index (χ2v) is 4.06. The highest BCUT2D eigenvalue weighted by molar-refractivity contribution is 7.13. The van der Waals surface area contributed by atoms with Crippen molar-refractivity contribution < 1.29 is 0 Å². The maximum Gasteiger partial charge on any atom is 0.192 e. The summed E-state index contributed by atoms with van der Waals surface area (Å²) in [6, 6.07) is 0. The Morgan fingerprint density at radius 2 is 2.43 bits per heavy atom. The molecule has 0 saturated carbocycles. The van der Waals surface area contributed by atoms with Crippen LogP contribution in [0, 0.1) is 5.41 Å². The predicted octanol–water partition coefficient (Wildman–Crippen LogP) is 2.01. The average Bonchev–Trinajstić information content (AvgIpc) is 2.52. The molecule has 78 valence electrons. The number of hydrogen-bond acceptors (Lipinski definition) is 3. The third-order valence-electron chi connectivity index (χ3n) is 1.61. The highest BCUT2D eigenvalue weighted by Gasteiger charge is 2.01. The number of nitrogens with one attached hydrogen (secondary N) is 2. The summed E-state index contributed by atoms with van der Waals surface area (Å²) in [6.45, 7) is 0. The maximum atomic E-state index is 7.02. The van der Waals surface area contributed by atoms with Crippen LogP contribution >= 0.6 is 22.9 Å². The van der Waals surface area contributed by atoms with Crippen molar-refractivity contribution in [1.82, 2.24) is 4.98 Å². The molecule has 0 spiro atoms. The van der Waals surface area contributed by atoms with Crippen LogP contribution in [0.15, 0.2) is 5.38 Å². The van der Waals surface area contributed by atoms with E-state index in [4.69, 9.17) is 22.7 Å². The van der Waals surface area contributed by atoms with Crippen molar-refractivity contribution in [2.24, 2.45) is 5.73 Å². The number of nitrogens with zero attached hydrogens (tertiary/aromatic N) is 1. The van der Waals surface area contributed by atoms with Crippen LogP contribution in [0.3, 0.4) is 0 Å². The van der Waals surface area contributed by atoms with Gasteiger partial charge in [0.15, 0.2) is 11.1 Å². The summed E-state index contributed by atoms with van der Waals surface area (Å²) in [4.78, 5) is 4.27. The molecular weight excluding hydrogens is 220 g/mol. The Kier molecular flexibility index (Phi) is 4.69. The minimum absolute atomic E-state index is 0.0772. The lowest BCUT2D eigenvalue weighted by molar-refractivity contribution is 0.786. The van der Waals surface area contributed by atoms with Gasteiger partial charge in [-0.1, -0.05) is 0 Å². The molecule has 0 aromatic carbocycles. The zero-order valence-corrected chi connectivity index (χ0v) is 9.29. The van der Waals surface area contributed by atoms with Crippen LogP contribution in [-0.2, 0) is 6.42 Å². The van der Waals surface area contributed by atoms with Crippen molar-refractivity contribution in [1.29, 1.82) is 5.41 Å². The van der Waals surface area contributed by atoms with Crippen molar-refractivity contribution in [3.8, 4) is 0 Å². The van der Waals surface area contributed by atoms with Gasteiger partial charge in [-0.3, -0.25) is 5.41 Å². The number of anilines is 1. The molecule has 0 radical (unpaired) electrons. The SMILES string of the molecule is N=C(N)Nc1nc(CCCCCl)cs1. The number of thiazole rings is 1. The summed E-state index contributed by atoms with van der Waals surface area (Å²) in [7, 11) is 0. The van der Waals surface area contributed by atoms with E-state index in [0.29, 0.717) is 11.0 Å². The first-order valence-electron chi connectivity index (χ1n) is 4.34. The Bertz CT molecular complexity index is 299. The summed E-state index contributed by atoms with van der Waals surface area (Å²) < 4.78 is 0. The molecule has 14 heavy (non-hydrogen) atoms. The van der Waals surface area contributed by atoms with E-state index < -0.39 is 0 Å². The summed E-state index contributed by atoms with van der Waals surface area (Å²) in [5.74, 6) is 0.620. The number of nitrogens with two attached hydrogens (primary N) is 1. The lowest BCUT2D eigenvalue weighted by Crippen LogP contribution is -2.20. The van der Waals surface area contributed by atoms with E-state index in [-0.39, 0.29) is 5.96 Å². The van der Waals surface area contributed by atoms with Crippen molar-refractivity contribution in [3.05, 3.63) is 11.1 Å². The topological polar surface area (TPSA) is 74.8 Å². The second-order valence-electron chi connectivity index (χ2n) is 2.83. The molecular formula is C8H13ClN4S. The molecule has 1 aromatic heterocycles. The highest BCUT2D eigenvalue weighted by Crippen LogP contribution is 2.16. The Morgan fingerprint density at radius 3 is 3.07 bits per heavy atom. The molecule has 0 bridgehead atoms. The number of rotatable bonds is 5. The van der Waals surface area contributed by atoms with E-state index in [0.717, 1.165) is 25.0 Å². The zero-order chi connectivity index (χ0) is 10.4. The van der Waals surface area contributed by atoms with E-state index in [1.54, 1.807) is 0 Å². The lowest BCUT2D eigenvalue weighted by Gasteiger charge is -1.96. The van der Waals surface area contributed by atoms with E-state index in [9.17, 15) is 0 Å². The molecule has 1 heterocycles. The van der Waals surface area contributed by atoms with Crippen LogP contribution in [0.25, 0.3) is 0 Å². The summed E-state index contributed by atoms with van der Waals surface area (Å²) >= 11 is 7.03. The Morgan fingerprint density at radius 1 is 1.64 bits per heavy atom. The largest absolute Gasteiger partial charge is 0.370 e. The molecule has 4 nitrogen and oxygen atoms in total. The smallest absolute Gasteiger partial charge is 0.192 e. The number of guanidine groups is 1. The van der Waals surface area contributed by atoms with Crippen LogP contribution in [-0.4, -0.2) is 16.8 Å². The first-order valence-corrected chi connectivity index (χ1v) is 5.75. The van der Waals surface area contributed by atoms with Crippen molar-refractivity contribution in [2.75, 3.05) is 11.2 Å². The molecule has 4 N–H and O–H groups in total. The Balaban J connectivity index is 2.38. The van der Waals surface area contributed by atoms with Crippen molar-refractivity contribution >= 4 is 34.0 Å². The summed E-state index contributed by atoms with van der Waals surface area (Å²) in [6.07, 6.45) is 2.99. The average molecular weight is 233 g/mol. The fourth-order valence-electron chi connectivity index (χ4n) is 0.995. The number of aryl methyl sites for hydroxylation is 1. The third kappa shape index (κ3) is 3.93. The number of hydrogen-bond donors (Lipinski definition) is 3. The van der Waals surface area contributed by atoms with E-state index in [1.807, 2.05) is 5.38 Å². The molecule has 0 aliphatic rings. The fraction of sp³-hybridized carbons (Fsp3) is 0.500. The van der Waals surface area contributed by atoms with Crippen LogP contribution < -0.4 is 11.1 Å². The van der Waals surface area contributed by atoms with Crippen LogP contribution in [0.4, 0.5) is 5.13 Å². The van der Waals surface area contributed by atoms with Gasteiger partial charge in [-0.05, 0) is 19.3 Å². The fourth-order valence-corrected chi connectivity index (χ4v) is 1.94. The van der Waals surface area contributed by atoms with Crippen molar-refractivity contribution in [2.45, 2.75) is 19.3 Å². The highest BCUT2D eigenvalue weighted by atomic mass is 35.5. The van der Waals surface area contributed by atoms with Gasteiger partial charge in [0.25, 0.3) is 0 Å². The summed E-state index contributed by atoms with van der Waals surface area (Å²) in [5.41, 5.74) is 6.21. The van der Waals surface area contributed by atoms with Crippen LogP contribution in [0.1, 0.15) is 18.5 Å². The molecule has 0 aliphatic heterocycles. The van der Waals surface area contributed by atoms with Gasteiger partial charge in [0, 0.05) is 11.3 Å². The number of unbranched alkanes of at least 4 members (excludes halogenated alkanes) is 1. The van der Waals surface area contributed by atoms with Gasteiger partial charge < -0.3 is 11.1 Å². The van der Waals surface area contributed by atoms with Gasteiger partial charge >= 0.3 is 0 Å². The predicted molar refractivity (Wildman–Crippen MR) is 61.3 cm³/mol. The van der Waals surface area contributed by atoms with E-state index in [1.165, 1.54) is 11.3 Å². The molecule has 0 unspecified atom stereocenters. The molecule has 6 heteroatoms. The van der Waals surface area contributed by atoms with Crippen LogP contribution in [0.5, 0.6) is 0 Å². The molecule has 0 atom stereocenters. The zero-order valence-electron chi connectivity index (χ0n) is 7.72. The molecule has 0 fully saturated rings. The van der Waals surface area contributed by atoms with Crippen LogP contribution in [0.2, 0.25) is 0 Å². The first kappa shape index (κ1) is 11.3. The first-order chi connectivity index (χ1) is 6.72. The molecule has 0 saturated heterocycles. The Hall–Kier alpha value is -0.810. The second kappa shape index (κ2) is 5.82. The van der Waals surface area contributed by atoms with Gasteiger partial charge in [0.1, 0.15) is 0 Å². The minimum Gasteiger partial charge on any atom is -0.370 e. The molecule has 1 rings (SSSR count). The quantitative estimate of drug-likeness (QED) is 0.315. The standard InChI is InChI=1S/C8H13ClN4S/c9-4-2-1-3-6-5-14-8(12-6)13-7(10)11/h5H,1-4H2,(H4,10,11,12,13).